The van der Waals surface area contributed by atoms with E-state index in [9.17, 15) is 9.90 Å². The number of benzene rings is 1. The smallest absolute Gasteiger partial charge is 0.253 e. The largest absolute Gasteiger partial charge is 0.508 e. The number of piperidine rings is 1. The second-order valence-corrected chi connectivity index (χ2v) is 6.00. The minimum Gasteiger partial charge on any atom is -0.508 e. The standard InChI is InChI=1S/C16H24N2O2/c1-12-4-5-14(10-15(12)19)16(20)18-8-6-13(7-9-18)11-17(2)3/h4-5,10,13,19H,6-9,11H2,1-3H3. The first-order chi connectivity index (χ1) is 9.47. The fraction of sp³-hybridized carbons (Fsp3) is 0.562. The highest BCUT2D eigenvalue weighted by Crippen LogP contribution is 2.22. The average molecular weight is 276 g/mol. The second-order valence-electron chi connectivity index (χ2n) is 6.00. The lowest BCUT2D eigenvalue weighted by Gasteiger charge is -2.33. The molecule has 1 fully saturated rings. The van der Waals surface area contributed by atoms with E-state index in [0.29, 0.717) is 11.5 Å². The van der Waals surface area contributed by atoms with E-state index < -0.39 is 0 Å². The summed E-state index contributed by atoms with van der Waals surface area (Å²) in [6, 6.07) is 5.16. The average Bonchev–Trinajstić information content (AvgIpc) is 2.41. The van der Waals surface area contributed by atoms with Gasteiger partial charge in [-0.05, 0) is 57.5 Å². The third-order valence-electron chi connectivity index (χ3n) is 3.98. The van der Waals surface area contributed by atoms with Crippen LogP contribution in [0.5, 0.6) is 5.75 Å². The summed E-state index contributed by atoms with van der Waals surface area (Å²) < 4.78 is 0. The van der Waals surface area contributed by atoms with E-state index in [1.54, 1.807) is 18.2 Å². The molecule has 4 heteroatoms. The van der Waals surface area contributed by atoms with E-state index in [0.717, 1.165) is 38.0 Å². The Kier molecular flexibility index (Phi) is 4.65. The van der Waals surface area contributed by atoms with E-state index in [4.69, 9.17) is 0 Å². The summed E-state index contributed by atoms with van der Waals surface area (Å²) in [5.41, 5.74) is 1.38. The molecule has 1 aromatic carbocycles. The number of phenols is 1. The van der Waals surface area contributed by atoms with Crippen molar-refractivity contribution in [2.45, 2.75) is 19.8 Å². The van der Waals surface area contributed by atoms with Crippen molar-refractivity contribution in [2.75, 3.05) is 33.7 Å². The van der Waals surface area contributed by atoms with Gasteiger partial charge in [-0.1, -0.05) is 6.07 Å². The van der Waals surface area contributed by atoms with Gasteiger partial charge in [0.05, 0.1) is 0 Å². The lowest BCUT2D eigenvalue weighted by Crippen LogP contribution is -2.40. The molecule has 1 N–H and O–H groups in total. The minimum absolute atomic E-state index is 0.0311. The summed E-state index contributed by atoms with van der Waals surface area (Å²) >= 11 is 0. The van der Waals surface area contributed by atoms with Crippen molar-refractivity contribution in [3.05, 3.63) is 29.3 Å². The van der Waals surface area contributed by atoms with Crippen LogP contribution in [-0.4, -0.2) is 54.5 Å². The van der Waals surface area contributed by atoms with E-state index >= 15 is 0 Å². The molecule has 0 aliphatic carbocycles. The fourth-order valence-electron chi connectivity index (χ4n) is 2.76. The van der Waals surface area contributed by atoms with Gasteiger partial charge < -0.3 is 14.9 Å². The zero-order chi connectivity index (χ0) is 14.7. The fourth-order valence-corrected chi connectivity index (χ4v) is 2.76. The normalized spacial score (nSPS) is 16.7. The number of rotatable bonds is 3. The van der Waals surface area contributed by atoms with Gasteiger partial charge in [0.1, 0.15) is 5.75 Å². The maximum atomic E-state index is 12.4. The Morgan fingerprint density at radius 1 is 1.35 bits per heavy atom. The summed E-state index contributed by atoms with van der Waals surface area (Å²) in [7, 11) is 4.18. The molecule has 1 aromatic rings. The molecule has 1 aliphatic heterocycles. The van der Waals surface area contributed by atoms with E-state index in [1.807, 2.05) is 11.8 Å². The number of hydrogen-bond donors (Lipinski definition) is 1. The highest BCUT2D eigenvalue weighted by Gasteiger charge is 2.24. The number of amides is 1. The maximum absolute atomic E-state index is 12.4. The van der Waals surface area contributed by atoms with Crippen LogP contribution in [0.4, 0.5) is 0 Å². The number of likely N-dealkylation sites (tertiary alicyclic amines) is 1. The quantitative estimate of drug-likeness (QED) is 0.919. The van der Waals surface area contributed by atoms with Gasteiger partial charge in [-0.15, -0.1) is 0 Å². The van der Waals surface area contributed by atoms with Crippen molar-refractivity contribution in [3.8, 4) is 5.75 Å². The van der Waals surface area contributed by atoms with Crippen molar-refractivity contribution in [3.63, 3.8) is 0 Å². The van der Waals surface area contributed by atoms with Gasteiger partial charge in [0.15, 0.2) is 0 Å². The Bertz CT molecular complexity index is 477. The Morgan fingerprint density at radius 2 is 2.00 bits per heavy atom. The summed E-state index contributed by atoms with van der Waals surface area (Å²) in [6.07, 6.45) is 2.11. The van der Waals surface area contributed by atoms with Crippen LogP contribution in [-0.2, 0) is 0 Å². The Labute approximate surface area is 121 Å². The highest BCUT2D eigenvalue weighted by atomic mass is 16.3. The molecule has 0 unspecified atom stereocenters. The van der Waals surface area contributed by atoms with Crippen LogP contribution in [0.15, 0.2) is 18.2 Å². The van der Waals surface area contributed by atoms with Crippen LogP contribution in [0.2, 0.25) is 0 Å². The molecule has 0 atom stereocenters. The number of nitrogens with zero attached hydrogens (tertiary/aromatic N) is 2. The molecule has 1 amide bonds. The summed E-state index contributed by atoms with van der Waals surface area (Å²) in [4.78, 5) is 16.5. The van der Waals surface area contributed by atoms with Crippen LogP contribution in [0.3, 0.4) is 0 Å². The number of aromatic hydroxyl groups is 1. The molecule has 2 rings (SSSR count). The van der Waals surface area contributed by atoms with Crippen molar-refractivity contribution in [1.29, 1.82) is 0 Å². The van der Waals surface area contributed by atoms with Gasteiger partial charge in [0, 0.05) is 25.2 Å². The molecule has 0 saturated carbocycles. The number of carbonyl (C=O) groups is 1. The first kappa shape index (κ1) is 14.9. The minimum atomic E-state index is 0.0311. The Morgan fingerprint density at radius 3 is 2.55 bits per heavy atom. The molecule has 110 valence electrons. The molecular formula is C16H24N2O2. The van der Waals surface area contributed by atoms with Gasteiger partial charge in [-0.3, -0.25) is 4.79 Å². The lowest BCUT2D eigenvalue weighted by molar-refractivity contribution is 0.0677. The number of carbonyl (C=O) groups excluding carboxylic acids is 1. The number of hydrogen-bond acceptors (Lipinski definition) is 3. The molecule has 1 aliphatic rings. The van der Waals surface area contributed by atoms with Crippen LogP contribution in [0.25, 0.3) is 0 Å². The third kappa shape index (κ3) is 3.51. The van der Waals surface area contributed by atoms with E-state index in [-0.39, 0.29) is 11.7 Å². The highest BCUT2D eigenvalue weighted by molar-refractivity contribution is 5.94. The maximum Gasteiger partial charge on any atom is 0.253 e. The number of phenolic OH excluding ortho intramolecular Hbond substituents is 1. The van der Waals surface area contributed by atoms with Gasteiger partial charge in [-0.25, -0.2) is 0 Å². The van der Waals surface area contributed by atoms with Crippen LogP contribution >= 0.6 is 0 Å². The summed E-state index contributed by atoms with van der Waals surface area (Å²) in [5, 5.41) is 9.71. The Hall–Kier alpha value is -1.55. The van der Waals surface area contributed by atoms with Gasteiger partial charge in [-0.2, -0.15) is 0 Å². The molecule has 0 aromatic heterocycles. The van der Waals surface area contributed by atoms with Gasteiger partial charge in [0.25, 0.3) is 5.91 Å². The molecular weight excluding hydrogens is 252 g/mol. The summed E-state index contributed by atoms with van der Waals surface area (Å²) in [6.45, 7) is 4.54. The topological polar surface area (TPSA) is 43.8 Å². The zero-order valence-electron chi connectivity index (χ0n) is 12.6. The van der Waals surface area contributed by atoms with Gasteiger partial charge >= 0.3 is 0 Å². The third-order valence-corrected chi connectivity index (χ3v) is 3.98. The first-order valence-electron chi connectivity index (χ1n) is 7.21. The van der Waals surface area contributed by atoms with E-state index in [1.165, 1.54) is 0 Å². The van der Waals surface area contributed by atoms with Crippen molar-refractivity contribution in [1.82, 2.24) is 9.80 Å². The molecule has 1 saturated heterocycles. The summed E-state index contributed by atoms with van der Waals surface area (Å²) in [5.74, 6) is 0.905. The first-order valence-corrected chi connectivity index (χ1v) is 7.21. The number of aryl methyl sites for hydroxylation is 1. The lowest BCUT2D eigenvalue weighted by atomic mass is 9.96. The van der Waals surface area contributed by atoms with Crippen LogP contribution in [0.1, 0.15) is 28.8 Å². The van der Waals surface area contributed by atoms with Crippen molar-refractivity contribution < 1.29 is 9.90 Å². The van der Waals surface area contributed by atoms with Crippen LogP contribution < -0.4 is 0 Å². The molecule has 0 bridgehead atoms. The Balaban J connectivity index is 1.96. The predicted molar refractivity (Wildman–Crippen MR) is 80.0 cm³/mol. The van der Waals surface area contributed by atoms with Crippen molar-refractivity contribution >= 4 is 5.91 Å². The zero-order valence-corrected chi connectivity index (χ0v) is 12.6. The molecule has 4 nitrogen and oxygen atoms in total. The van der Waals surface area contributed by atoms with Crippen LogP contribution in [0, 0.1) is 12.8 Å². The van der Waals surface area contributed by atoms with E-state index in [2.05, 4.69) is 19.0 Å². The SMILES string of the molecule is Cc1ccc(C(=O)N2CCC(CN(C)C)CC2)cc1O. The van der Waals surface area contributed by atoms with Gasteiger partial charge in [0.2, 0.25) is 0 Å². The molecule has 1 heterocycles. The molecule has 0 spiro atoms. The predicted octanol–water partition coefficient (Wildman–Crippen LogP) is 2.11. The second kappa shape index (κ2) is 6.27. The monoisotopic (exact) mass is 276 g/mol. The van der Waals surface area contributed by atoms with Crippen molar-refractivity contribution in [2.24, 2.45) is 5.92 Å². The molecule has 0 radical (unpaired) electrons. The molecule has 20 heavy (non-hydrogen) atoms.